The number of cyclic esters (lactones) is 2. The van der Waals surface area contributed by atoms with Crippen molar-refractivity contribution in [1.82, 2.24) is 4.98 Å². The second-order valence-corrected chi connectivity index (χ2v) is 11.2. The van der Waals surface area contributed by atoms with E-state index in [1.165, 1.54) is 21.0 Å². The minimum Gasteiger partial charge on any atom is -0.493 e. The number of esters is 2. The van der Waals surface area contributed by atoms with Gasteiger partial charge in [0, 0.05) is 36.9 Å². The van der Waals surface area contributed by atoms with Crippen molar-refractivity contribution in [2.24, 2.45) is 5.92 Å². The van der Waals surface area contributed by atoms with Crippen molar-refractivity contribution < 1.29 is 28.5 Å². The molecule has 1 aliphatic rings. The number of carbonyl (C=O) groups is 2. The minimum absolute atomic E-state index is 0.202. The van der Waals surface area contributed by atoms with E-state index in [0.717, 1.165) is 22.0 Å². The summed E-state index contributed by atoms with van der Waals surface area (Å²) >= 11 is 15.8. The lowest BCUT2D eigenvalue weighted by atomic mass is 9.80. The molecule has 1 fully saturated rings. The summed E-state index contributed by atoms with van der Waals surface area (Å²) in [6, 6.07) is 16.5. The highest BCUT2D eigenvalue weighted by Crippen LogP contribution is 2.45. The first-order valence-electron chi connectivity index (χ1n) is 12.0. The van der Waals surface area contributed by atoms with Gasteiger partial charge < -0.3 is 23.9 Å². The molecule has 1 N–H and O–H groups in total. The highest BCUT2D eigenvalue weighted by molar-refractivity contribution is 9.10. The molecule has 5 rings (SSSR count). The maximum absolute atomic E-state index is 13.3. The van der Waals surface area contributed by atoms with E-state index >= 15 is 0 Å². The van der Waals surface area contributed by atoms with Gasteiger partial charge in [-0.3, -0.25) is 9.59 Å². The fourth-order valence-corrected chi connectivity index (χ4v) is 5.64. The number of fused-ring (bicyclic) bond motifs is 1. The number of H-pyrrole nitrogens is 1. The van der Waals surface area contributed by atoms with E-state index in [4.69, 9.17) is 42.1 Å². The summed E-state index contributed by atoms with van der Waals surface area (Å²) in [6.07, 6.45) is 1.80. The molecule has 0 saturated carbocycles. The predicted octanol–water partition coefficient (Wildman–Crippen LogP) is 7.41. The molecule has 0 unspecified atom stereocenters. The van der Waals surface area contributed by atoms with Crippen LogP contribution in [0.2, 0.25) is 10.0 Å². The average molecular weight is 633 g/mol. The summed E-state index contributed by atoms with van der Waals surface area (Å²) in [4.78, 5) is 29.8. The van der Waals surface area contributed by atoms with Gasteiger partial charge in [-0.25, -0.2) is 0 Å². The van der Waals surface area contributed by atoms with Crippen molar-refractivity contribution in [1.29, 1.82) is 0 Å². The number of hydrogen-bond donors (Lipinski definition) is 1. The number of nitrogens with one attached hydrogen (secondary N) is 1. The zero-order valence-electron chi connectivity index (χ0n) is 21.2. The fraction of sp³-hybridized carbons (Fsp3) is 0.241. The van der Waals surface area contributed by atoms with Crippen LogP contribution in [0, 0.1) is 5.92 Å². The summed E-state index contributed by atoms with van der Waals surface area (Å²) in [5.41, 5.74) is 3.05. The molecular weight excluding hydrogens is 609 g/mol. The number of rotatable bonds is 7. The topological polar surface area (TPSA) is 86.9 Å². The van der Waals surface area contributed by atoms with Crippen LogP contribution in [0.4, 0.5) is 0 Å². The smallest absolute Gasteiger partial charge is 0.324 e. The van der Waals surface area contributed by atoms with Gasteiger partial charge in [0.2, 0.25) is 0 Å². The standard InChI is InChI=1S/C29H24BrCl2NO6/c1-29(2)38-27(34)25(28(35)39-29)24(18-13-33-22-7-5-4-6-17(18)22)16-11-19(30)26(23(12-16)36-3)37-14-15-8-9-20(31)21(32)10-15/h4-13,24-25,33H,14H2,1-3H3/t24-/m1/s1. The molecule has 0 spiro atoms. The Bertz CT molecular complexity index is 1560. The number of aromatic amines is 1. The van der Waals surface area contributed by atoms with Crippen LogP contribution < -0.4 is 9.47 Å². The van der Waals surface area contributed by atoms with Gasteiger partial charge in [0.25, 0.3) is 5.79 Å². The molecule has 1 aromatic heterocycles. The quantitative estimate of drug-likeness (QED) is 0.169. The molecule has 4 aromatic rings. The van der Waals surface area contributed by atoms with Crippen molar-refractivity contribution in [3.63, 3.8) is 0 Å². The Balaban J connectivity index is 1.58. The van der Waals surface area contributed by atoms with Crippen LogP contribution in [0.25, 0.3) is 10.9 Å². The molecule has 0 amide bonds. The first-order valence-corrected chi connectivity index (χ1v) is 13.6. The van der Waals surface area contributed by atoms with Gasteiger partial charge in [0.05, 0.1) is 21.6 Å². The van der Waals surface area contributed by atoms with Gasteiger partial charge >= 0.3 is 11.9 Å². The Labute approximate surface area is 243 Å². The summed E-state index contributed by atoms with van der Waals surface area (Å²) in [5, 5.41) is 1.74. The largest absolute Gasteiger partial charge is 0.493 e. The Morgan fingerprint density at radius 2 is 1.74 bits per heavy atom. The third-order valence-corrected chi connectivity index (χ3v) is 7.80. The number of halogens is 3. The van der Waals surface area contributed by atoms with E-state index in [1.807, 2.05) is 30.3 Å². The number of para-hydroxylation sites is 1. The molecule has 3 aromatic carbocycles. The van der Waals surface area contributed by atoms with Crippen molar-refractivity contribution >= 4 is 62.0 Å². The van der Waals surface area contributed by atoms with Gasteiger partial charge in [-0.15, -0.1) is 0 Å². The fourth-order valence-electron chi connectivity index (χ4n) is 4.75. The molecule has 1 saturated heterocycles. The molecule has 202 valence electrons. The summed E-state index contributed by atoms with van der Waals surface area (Å²) in [6.45, 7) is 3.26. The molecule has 0 aliphatic carbocycles. The van der Waals surface area contributed by atoms with E-state index in [2.05, 4.69) is 20.9 Å². The molecule has 10 heteroatoms. The molecule has 7 nitrogen and oxygen atoms in total. The Hall–Kier alpha value is -3.20. The first-order chi connectivity index (χ1) is 18.6. The van der Waals surface area contributed by atoms with Crippen LogP contribution in [-0.2, 0) is 25.7 Å². The number of carbonyl (C=O) groups excluding carboxylic acids is 2. The Kier molecular flexibility index (Phi) is 7.55. The average Bonchev–Trinajstić information content (AvgIpc) is 3.30. The lowest BCUT2D eigenvalue weighted by molar-refractivity contribution is -0.240. The second kappa shape index (κ2) is 10.8. The van der Waals surface area contributed by atoms with E-state index in [-0.39, 0.29) is 6.61 Å². The van der Waals surface area contributed by atoms with Crippen LogP contribution in [0.5, 0.6) is 11.5 Å². The zero-order chi connectivity index (χ0) is 27.9. The van der Waals surface area contributed by atoms with Crippen LogP contribution in [-0.4, -0.2) is 29.8 Å². The van der Waals surface area contributed by atoms with Gasteiger partial charge in [-0.2, -0.15) is 0 Å². The number of aromatic nitrogens is 1. The third kappa shape index (κ3) is 5.46. The summed E-state index contributed by atoms with van der Waals surface area (Å²) in [5.74, 6) is -3.82. The van der Waals surface area contributed by atoms with E-state index in [9.17, 15) is 9.59 Å². The molecule has 0 bridgehead atoms. The maximum Gasteiger partial charge on any atom is 0.324 e. The molecule has 39 heavy (non-hydrogen) atoms. The summed E-state index contributed by atoms with van der Waals surface area (Å²) in [7, 11) is 1.52. The molecule has 1 atom stereocenters. The number of benzene rings is 3. The zero-order valence-corrected chi connectivity index (χ0v) is 24.3. The van der Waals surface area contributed by atoms with E-state index in [0.29, 0.717) is 31.6 Å². The van der Waals surface area contributed by atoms with Crippen molar-refractivity contribution in [2.75, 3.05) is 7.11 Å². The molecular formula is C29H24BrCl2NO6. The predicted molar refractivity (Wildman–Crippen MR) is 151 cm³/mol. The number of hydrogen-bond acceptors (Lipinski definition) is 6. The van der Waals surface area contributed by atoms with Crippen LogP contribution in [0.15, 0.2) is 65.3 Å². The van der Waals surface area contributed by atoms with Gasteiger partial charge in [0.1, 0.15) is 6.61 Å². The highest BCUT2D eigenvalue weighted by Gasteiger charge is 2.49. The normalized spacial score (nSPS) is 16.1. The van der Waals surface area contributed by atoms with Crippen LogP contribution >= 0.6 is 39.1 Å². The van der Waals surface area contributed by atoms with Crippen LogP contribution in [0.1, 0.15) is 36.5 Å². The van der Waals surface area contributed by atoms with E-state index in [1.54, 1.807) is 30.5 Å². The first kappa shape index (κ1) is 27.4. The van der Waals surface area contributed by atoms with Gasteiger partial charge in [0.15, 0.2) is 17.4 Å². The number of methoxy groups -OCH3 is 1. The van der Waals surface area contributed by atoms with Gasteiger partial charge in [-0.1, -0.05) is 47.5 Å². The highest BCUT2D eigenvalue weighted by atomic mass is 79.9. The molecule has 1 aliphatic heterocycles. The summed E-state index contributed by atoms with van der Waals surface area (Å²) < 4.78 is 23.4. The van der Waals surface area contributed by atoms with Crippen LogP contribution in [0.3, 0.4) is 0 Å². The lowest BCUT2D eigenvalue weighted by Crippen LogP contribution is -2.48. The second-order valence-electron chi connectivity index (χ2n) is 9.56. The lowest BCUT2D eigenvalue weighted by Gasteiger charge is -2.36. The van der Waals surface area contributed by atoms with Crippen molar-refractivity contribution in [3.05, 3.63) is 92.0 Å². The Morgan fingerprint density at radius 1 is 1.03 bits per heavy atom. The number of ether oxygens (including phenoxy) is 4. The molecule has 0 radical (unpaired) electrons. The van der Waals surface area contributed by atoms with Gasteiger partial charge in [-0.05, 0) is 63.0 Å². The monoisotopic (exact) mass is 631 g/mol. The minimum atomic E-state index is -1.35. The maximum atomic E-state index is 13.3. The Morgan fingerprint density at radius 3 is 2.44 bits per heavy atom. The van der Waals surface area contributed by atoms with Crippen molar-refractivity contribution in [3.8, 4) is 11.5 Å². The van der Waals surface area contributed by atoms with E-state index < -0.39 is 29.6 Å². The third-order valence-electron chi connectivity index (χ3n) is 6.47. The molecule has 2 heterocycles. The van der Waals surface area contributed by atoms with Crippen molar-refractivity contribution in [2.45, 2.75) is 32.2 Å². The SMILES string of the molecule is COc1cc([C@H](c2c[nH]c3ccccc23)C2C(=O)OC(C)(C)OC2=O)cc(Br)c1OCc1ccc(Cl)c(Cl)c1.